The average Bonchev–Trinajstić information content (AvgIpc) is 2.26. The molecule has 0 saturated carbocycles. The first kappa shape index (κ1) is 15.2. The molecule has 1 amide bonds. The number of nitrogens with zero attached hydrogens (tertiary/aromatic N) is 1. The van der Waals surface area contributed by atoms with Crippen LogP contribution in [0.15, 0.2) is 28.7 Å². The van der Waals surface area contributed by atoms with E-state index in [1.54, 1.807) is 0 Å². The molecule has 0 aliphatic rings. The van der Waals surface area contributed by atoms with Crippen molar-refractivity contribution in [1.29, 1.82) is 0 Å². The molecular formula is C15H22BrNO. The van der Waals surface area contributed by atoms with Gasteiger partial charge in [0.1, 0.15) is 0 Å². The fourth-order valence-corrected chi connectivity index (χ4v) is 2.38. The van der Waals surface area contributed by atoms with Gasteiger partial charge in [0.05, 0.1) is 5.56 Å². The molecular weight excluding hydrogens is 290 g/mol. The number of carbonyl (C=O) groups excluding carboxylic acids is 1. The lowest BCUT2D eigenvalue weighted by atomic mass is 10.1. The minimum atomic E-state index is 0.116. The van der Waals surface area contributed by atoms with Crippen LogP contribution in [0.4, 0.5) is 0 Å². The lowest BCUT2D eigenvalue weighted by molar-refractivity contribution is 0.0714. The topological polar surface area (TPSA) is 20.3 Å². The van der Waals surface area contributed by atoms with E-state index in [0.29, 0.717) is 11.8 Å². The van der Waals surface area contributed by atoms with Crippen LogP contribution in [0.2, 0.25) is 0 Å². The van der Waals surface area contributed by atoms with E-state index in [1.165, 1.54) is 0 Å². The van der Waals surface area contributed by atoms with Crippen LogP contribution in [0, 0.1) is 11.8 Å². The summed E-state index contributed by atoms with van der Waals surface area (Å²) in [7, 11) is 0. The van der Waals surface area contributed by atoms with Gasteiger partial charge in [0.2, 0.25) is 0 Å². The van der Waals surface area contributed by atoms with Gasteiger partial charge in [-0.2, -0.15) is 0 Å². The third-order valence-corrected chi connectivity index (χ3v) is 3.25. The summed E-state index contributed by atoms with van der Waals surface area (Å²) in [5, 5.41) is 0. The van der Waals surface area contributed by atoms with Crippen LogP contribution in [0.25, 0.3) is 0 Å². The van der Waals surface area contributed by atoms with E-state index >= 15 is 0 Å². The third-order valence-electron chi connectivity index (χ3n) is 2.56. The lowest BCUT2D eigenvalue weighted by Crippen LogP contribution is -2.37. The van der Waals surface area contributed by atoms with E-state index in [4.69, 9.17) is 0 Å². The van der Waals surface area contributed by atoms with Crippen molar-refractivity contribution in [2.75, 3.05) is 13.1 Å². The Balaban J connectivity index is 2.91. The number of halogens is 1. The highest BCUT2D eigenvalue weighted by molar-refractivity contribution is 9.10. The summed E-state index contributed by atoms with van der Waals surface area (Å²) in [5.74, 6) is 1.08. The summed E-state index contributed by atoms with van der Waals surface area (Å²) in [5.41, 5.74) is 0.749. The molecule has 0 radical (unpaired) electrons. The standard InChI is InChI=1S/C15H22BrNO/c1-11(2)9-17(10-12(3)4)15(18)13-7-5-6-8-14(13)16/h5-8,11-12H,9-10H2,1-4H3. The Morgan fingerprint density at radius 1 is 1.11 bits per heavy atom. The Labute approximate surface area is 119 Å². The molecule has 0 spiro atoms. The highest BCUT2D eigenvalue weighted by Gasteiger charge is 2.19. The van der Waals surface area contributed by atoms with Crippen LogP contribution >= 0.6 is 15.9 Å². The number of amides is 1. The van der Waals surface area contributed by atoms with Gasteiger partial charge < -0.3 is 4.90 Å². The van der Waals surface area contributed by atoms with Gasteiger partial charge in [0.15, 0.2) is 0 Å². The second-order valence-electron chi connectivity index (χ2n) is 5.48. The first-order chi connectivity index (χ1) is 8.41. The zero-order valence-corrected chi connectivity index (χ0v) is 13.2. The van der Waals surface area contributed by atoms with Crippen LogP contribution < -0.4 is 0 Å². The SMILES string of the molecule is CC(C)CN(CC(C)C)C(=O)c1ccccc1Br. The summed E-state index contributed by atoms with van der Waals surface area (Å²) < 4.78 is 0.868. The van der Waals surface area contributed by atoms with E-state index in [2.05, 4.69) is 43.6 Å². The fraction of sp³-hybridized carbons (Fsp3) is 0.533. The van der Waals surface area contributed by atoms with Crippen molar-refractivity contribution in [1.82, 2.24) is 4.90 Å². The predicted molar refractivity (Wildman–Crippen MR) is 79.7 cm³/mol. The van der Waals surface area contributed by atoms with Gasteiger partial charge in [-0.1, -0.05) is 39.8 Å². The Morgan fingerprint density at radius 2 is 1.61 bits per heavy atom. The summed E-state index contributed by atoms with van der Waals surface area (Å²) in [6.45, 7) is 10.2. The Bertz CT molecular complexity index is 391. The molecule has 0 aliphatic heterocycles. The van der Waals surface area contributed by atoms with Crippen LogP contribution in [0.3, 0.4) is 0 Å². The van der Waals surface area contributed by atoms with Crippen molar-refractivity contribution in [3.8, 4) is 0 Å². The molecule has 0 atom stereocenters. The van der Waals surface area contributed by atoms with Crippen molar-refractivity contribution in [2.24, 2.45) is 11.8 Å². The normalized spacial score (nSPS) is 11.1. The molecule has 1 aromatic carbocycles. The molecule has 0 aromatic heterocycles. The predicted octanol–water partition coefficient (Wildman–Crippen LogP) is 4.20. The smallest absolute Gasteiger partial charge is 0.255 e. The zero-order chi connectivity index (χ0) is 13.7. The highest BCUT2D eigenvalue weighted by Crippen LogP contribution is 2.19. The molecule has 1 rings (SSSR count). The van der Waals surface area contributed by atoms with Crippen LogP contribution in [0.1, 0.15) is 38.1 Å². The minimum Gasteiger partial charge on any atom is -0.338 e. The van der Waals surface area contributed by atoms with Gasteiger partial charge in [-0.05, 0) is 39.9 Å². The van der Waals surface area contributed by atoms with Crippen molar-refractivity contribution in [3.63, 3.8) is 0 Å². The molecule has 0 aliphatic carbocycles. The van der Waals surface area contributed by atoms with Crippen LogP contribution in [0.5, 0.6) is 0 Å². The summed E-state index contributed by atoms with van der Waals surface area (Å²) in [6.07, 6.45) is 0. The molecule has 2 nitrogen and oxygen atoms in total. The number of hydrogen-bond donors (Lipinski definition) is 0. The molecule has 0 unspecified atom stereocenters. The Morgan fingerprint density at radius 3 is 2.06 bits per heavy atom. The number of rotatable bonds is 5. The summed E-state index contributed by atoms with van der Waals surface area (Å²) >= 11 is 3.45. The Kier molecular flexibility index (Phi) is 5.86. The maximum absolute atomic E-state index is 12.5. The molecule has 18 heavy (non-hydrogen) atoms. The summed E-state index contributed by atoms with van der Waals surface area (Å²) in [4.78, 5) is 14.5. The molecule has 1 aromatic rings. The third kappa shape index (κ3) is 4.45. The average molecular weight is 312 g/mol. The molecule has 0 bridgehead atoms. The fourth-order valence-electron chi connectivity index (χ4n) is 1.93. The van der Waals surface area contributed by atoms with Gasteiger partial charge in [-0.15, -0.1) is 0 Å². The first-order valence-corrected chi connectivity index (χ1v) is 7.25. The first-order valence-electron chi connectivity index (χ1n) is 6.45. The van der Waals surface area contributed by atoms with Crippen molar-refractivity contribution in [2.45, 2.75) is 27.7 Å². The number of carbonyl (C=O) groups is 1. The lowest BCUT2D eigenvalue weighted by Gasteiger charge is -2.26. The monoisotopic (exact) mass is 311 g/mol. The Hall–Kier alpha value is -0.830. The minimum absolute atomic E-state index is 0.116. The maximum atomic E-state index is 12.5. The number of benzene rings is 1. The zero-order valence-electron chi connectivity index (χ0n) is 11.6. The van der Waals surface area contributed by atoms with Crippen molar-refractivity contribution < 1.29 is 4.79 Å². The summed E-state index contributed by atoms with van der Waals surface area (Å²) in [6, 6.07) is 7.62. The molecule has 0 fully saturated rings. The van der Waals surface area contributed by atoms with E-state index < -0.39 is 0 Å². The van der Waals surface area contributed by atoms with E-state index in [0.717, 1.165) is 23.1 Å². The molecule has 0 N–H and O–H groups in total. The molecule has 100 valence electrons. The van der Waals surface area contributed by atoms with Crippen LogP contribution in [-0.4, -0.2) is 23.9 Å². The van der Waals surface area contributed by atoms with Gasteiger partial charge in [0.25, 0.3) is 5.91 Å². The molecule has 0 heterocycles. The van der Waals surface area contributed by atoms with E-state index in [-0.39, 0.29) is 5.91 Å². The van der Waals surface area contributed by atoms with Gasteiger partial charge >= 0.3 is 0 Å². The van der Waals surface area contributed by atoms with E-state index in [1.807, 2.05) is 29.2 Å². The maximum Gasteiger partial charge on any atom is 0.255 e. The quantitative estimate of drug-likeness (QED) is 0.798. The largest absolute Gasteiger partial charge is 0.338 e. The second-order valence-corrected chi connectivity index (χ2v) is 6.33. The van der Waals surface area contributed by atoms with Crippen LogP contribution in [-0.2, 0) is 0 Å². The van der Waals surface area contributed by atoms with Gasteiger partial charge in [0, 0.05) is 17.6 Å². The molecule has 3 heteroatoms. The van der Waals surface area contributed by atoms with Gasteiger partial charge in [-0.25, -0.2) is 0 Å². The number of hydrogen-bond acceptors (Lipinski definition) is 1. The van der Waals surface area contributed by atoms with E-state index in [9.17, 15) is 4.79 Å². The van der Waals surface area contributed by atoms with Crippen molar-refractivity contribution >= 4 is 21.8 Å². The van der Waals surface area contributed by atoms with Gasteiger partial charge in [-0.3, -0.25) is 4.79 Å². The second kappa shape index (κ2) is 6.93. The molecule has 0 saturated heterocycles. The van der Waals surface area contributed by atoms with Crippen molar-refractivity contribution in [3.05, 3.63) is 34.3 Å². The highest BCUT2D eigenvalue weighted by atomic mass is 79.9.